The topological polar surface area (TPSA) is 48.1 Å². The van der Waals surface area contributed by atoms with Crippen LogP contribution < -0.4 is 10.5 Å². The van der Waals surface area contributed by atoms with Crippen molar-refractivity contribution in [2.75, 3.05) is 0 Å². The molecule has 1 heterocycles. The molecule has 0 saturated carbocycles. The zero-order valence-corrected chi connectivity index (χ0v) is 8.82. The van der Waals surface area contributed by atoms with E-state index in [2.05, 4.69) is 9.72 Å². The first kappa shape index (κ1) is 13.9. The lowest BCUT2D eigenvalue weighted by molar-refractivity contribution is -0.275. The molecule has 0 amide bonds. The van der Waals surface area contributed by atoms with Crippen LogP contribution in [0.1, 0.15) is 17.7 Å². The number of hydrogen-bond donors (Lipinski definition) is 1. The van der Waals surface area contributed by atoms with Crippen molar-refractivity contribution in [2.45, 2.75) is 19.3 Å². The van der Waals surface area contributed by atoms with Crippen LogP contribution in [-0.2, 0) is 6.54 Å². The number of rotatable bonds is 3. The molecule has 0 fully saturated rings. The summed E-state index contributed by atoms with van der Waals surface area (Å²) in [4.78, 5) is 3.10. The van der Waals surface area contributed by atoms with Crippen molar-refractivity contribution in [2.24, 2.45) is 5.73 Å². The molecule has 0 atom stereocenters. The van der Waals surface area contributed by atoms with E-state index in [0.29, 0.717) is 0 Å². The van der Waals surface area contributed by atoms with Gasteiger partial charge in [-0.05, 0) is 6.07 Å². The number of pyridine rings is 1. The second-order valence-corrected chi connectivity index (χ2v) is 3.24. The minimum absolute atomic E-state index is 0.294. The summed E-state index contributed by atoms with van der Waals surface area (Å²) in [6, 6.07) is 0.720. The van der Waals surface area contributed by atoms with Gasteiger partial charge in [0.2, 0.25) is 0 Å². The molecule has 17 heavy (non-hydrogen) atoms. The van der Waals surface area contributed by atoms with Gasteiger partial charge in [-0.3, -0.25) is 0 Å². The predicted molar refractivity (Wildman–Crippen MR) is 48.8 cm³/mol. The Morgan fingerprint density at radius 3 is 2.41 bits per heavy atom. The lowest BCUT2D eigenvalue weighted by Crippen LogP contribution is -2.19. The Bertz CT molecular complexity index is 410. The molecular formula is C8H6ClF5N2O. The van der Waals surface area contributed by atoms with Crippen molar-refractivity contribution in [3.05, 3.63) is 22.5 Å². The number of hydrogen-bond acceptors (Lipinski definition) is 3. The van der Waals surface area contributed by atoms with Crippen molar-refractivity contribution in [1.29, 1.82) is 0 Å². The summed E-state index contributed by atoms with van der Waals surface area (Å²) in [6.07, 6.45) is -7.96. The zero-order chi connectivity index (χ0) is 13.2. The maximum Gasteiger partial charge on any atom is 0.573 e. The van der Waals surface area contributed by atoms with Gasteiger partial charge in [0.25, 0.3) is 6.43 Å². The summed E-state index contributed by atoms with van der Waals surface area (Å²) >= 11 is 5.34. The molecule has 1 rings (SSSR count). The SMILES string of the molecule is NCc1cc(C(F)F)nc(Cl)c1OC(F)(F)F. The highest BCUT2D eigenvalue weighted by molar-refractivity contribution is 6.31. The third-order valence-corrected chi connectivity index (χ3v) is 1.95. The summed E-state index contributed by atoms with van der Waals surface area (Å²) in [5.41, 5.74) is 4.08. The monoisotopic (exact) mass is 276 g/mol. The lowest BCUT2D eigenvalue weighted by Gasteiger charge is -2.14. The van der Waals surface area contributed by atoms with Crippen LogP contribution >= 0.6 is 11.6 Å². The fourth-order valence-electron chi connectivity index (χ4n) is 1.06. The normalized spacial score (nSPS) is 12.0. The number of nitrogens with zero attached hydrogens (tertiary/aromatic N) is 1. The van der Waals surface area contributed by atoms with Gasteiger partial charge in [0.15, 0.2) is 10.9 Å². The van der Waals surface area contributed by atoms with E-state index in [-0.39, 0.29) is 5.56 Å². The molecule has 96 valence electrons. The van der Waals surface area contributed by atoms with E-state index in [1.807, 2.05) is 0 Å². The van der Waals surface area contributed by atoms with Crippen molar-refractivity contribution in [1.82, 2.24) is 4.98 Å². The largest absolute Gasteiger partial charge is 0.573 e. The van der Waals surface area contributed by atoms with Gasteiger partial charge >= 0.3 is 6.36 Å². The van der Waals surface area contributed by atoms with Crippen LogP contribution in [0.25, 0.3) is 0 Å². The van der Waals surface area contributed by atoms with Gasteiger partial charge in [-0.25, -0.2) is 13.8 Å². The number of ether oxygens (including phenoxy) is 1. The molecule has 9 heteroatoms. The molecule has 0 aromatic carbocycles. The lowest BCUT2D eigenvalue weighted by atomic mass is 10.2. The summed E-state index contributed by atoms with van der Waals surface area (Å²) < 4.78 is 64.2. The molecule has 0 aliphatic heterocycles. The van der Waals surface area contributed by atoms with Crippen molar-refractivity contribution >= 4 is 11.6 Å². The Balaban J connectivity index is 3.21. The first-order chi connectivity index (χ1) is 7.74. The third kappa shape index (κ3) is 3.67. The van der Waals surface area contributed by atoms with E-state index in [1.165, 1.54) is 0 Å². The second-order valence-electron chi connectivity index (χ2n) is 2.88. The highest BCUT2D eigenvalue weighted by atomic mass is 35.5. The standard InChI is InChI=1S/C8H6ClF5N2O/c9-6-5(17-8(12,13)14)3(2-15)1-4(16-6)7(10)11/h1,7H,2,15H2. The summed E-state index contributed by atoms with van der Waals surface area (Å²) in [5.74, 6) is -0.855. The van der Waals surface area contributed by atoms with Crippen LogP contribution in [-0.4, -0.2) is 11.3 Å². The van der Waals surface area contributed by atoms with Gasteiger partial charge in [0.1, 0.15) is 5.69 Å². The van der Waals surface area contributed by atoms with Crippen LogP contribution in [0.4, 0.5) is 22.0 Å². The van der Waals surface area contributed by atoms with Gasteiger partial charge in [0, 0.05) is 12.1 Å². The number of halogens is 6. The highest BCUT2D eigenvalue weighted by Gasteiger charge is 2.34. The van der Waals surface area contributed by atoms with Gasteiger partial charge < -0.3 is 10.5 Å². The summed E-state index contributed by atoms with van der Waals surface area (Å²) in [6.45, 7) is -0.437. The van der Waals surface area contributed by atoms with Crippen LogP contribution in [0, 0.1) is 0 Å². The molecule has 0 saturated heterocycles. The zero-order valence-electron chi connectivity index (χ0n) is 8.06. The average Bonchev–Trinajstić information content (AvgIpc) is 2.18. The van der Waals surface area contributed by atoms with Crippen molar-refractivity contribution in [3.8, 4) is 5.75 Å². The van der Waals surface area contributed by atoms with Gasteiger partial charge in [-0.2, -0.15) is 0 Å². The molecule has 0 spiro atoms. The van der Waals surface area contributed by atoms with Crippen LogP contribution in [0.15, 0.2) is 6.07 Å². The maximum atomic E-state index is 12.3. The van der Waals surface area contributed by atoms with E-state index in [4.69, 9.17) is 17.3 Å². The Labute approximate surface area is 97.3 Å². The Morgan fingerprint density at radius 1 is 1.41 bits per heavy atom. The Kier molecular flexibility index (Phi) is 4.10. The molecule has 0 unspecified atom stereocenters. The minimum atomic E-state index is -5.00. The molecule has 0 aliphatic carbocycles. The van der Waals surface area contributed by atoms with E-state index < -0.39 is 35.9 Å². The summed E-state index contributed by atoms with van der Waals surface area (Å²) in [5, 5.41) is -0.805. The Hall–Kier alpha value is -1.15. The van der Waals surface area contributed by atoms with Crippen LogP contribution in [0.3, 0.4) is 0 Å². The fourth-order valence-corrected chi connectivity index (χ4v) is 1.32. The van der Waals surface area contributed by atoms with Gasteiger partial charge in [-0.1, -0.05) is 11.6 Å². The smallest absolute Gasteiger partial charge is 0.402 e. The number of alkyl halides is 5. The Morgan fingerprint density at radius 2 is 2.00 bits per heavy atom. The molecule has 0 radical (unpaired) electrons. The second kappa shape index (κ2) is 5.01. The highest BCUT2D eigenvalue weighted by Crippen LogP contribution is 2.34. The van der Waals surface area contributed by atoms with Crippen molar-refractivity contribution < 1.29 is 26.7 Å². The first-order valence-corrected chi connectivity index (χ1v) is 4.55. The van der Waals surface area contributed by atoms with Gasteiger partial charge in [-0.15, -0.1) is 13.2 Å². The number of nitrogens with two attached hydrogens (primary N) is 1. The molecule has 1 aromatic heterocycles. The van der Waals surface area contributed by atoms with E-state index in [1.54, 1.807) is 0 Å². The van der Waals surface area contributed by atoms with E-state index in [9.17, 15) is 22.0 Å². The molecule has 0 aliphatic rings. The quantitative estimate of drug-likeness (QED) is 0.682. The summed E-state index contributed by atoms with van der Waals surface area (Å²) in [7, 11) is 0. The fraction of sp³-hybridized carbons (Fsp3) is 0.375. The molecular weight excluding hydrogens is 271 g/mol. The van der Waals surface area contributed by atoms with Crippen LogP contribution in [0.5, 0.6) is 5.75 Å². The van der Waals surface area contributed by atoms with Crippen molar-refractivity contribution in [3.63, 3.8) is 0 Å². The minimum Gasteiger partial charge on any atom is -0.402 e. The van der Waals surface area contributed by atoms with Crippen LogP contribution in [0.2, 0.25) is 5.15 Å². The molecule has 2 N–H and O–H groups in total. The van der Waals surface area contributed by atoms with Gasteiger partial charge in [0.05, 0.1) is 0 Å². The first-order valence-electron chi connectivity index (χ1n) is 4.18. The van der Waals surface area contributed by atoms with E-state index in [0.717, 1.165) is 6.07 Å². The number of aromatic nitrogens is 1. The molecule has 0 bridgehead atoms. The molecule has 3 nitrogen and oxygen atoms in total. The molecule has 1 aromatic rings. The average molecular weight is 277 g/mol. The maximum absolute atomic E-state index is 12.3. The third-order valence-electron chi connectivity index (χ3n) is 1.69. The van der Waals surface area contributed by atoms with E-state index >= 15 is 0 Å². The predicted octanol–water partition coefficient (Wildman–Crippen LogP) is 3.03.